The van der Waals surface area contributed by atoms with Crippen molar-refractivity contribution in [2.75, 3.05) is 19.6 Å². The molecular weight excluding hydrogens is 204 g/mol. The van der Waals surface area contributed by atoms with Gasteiger partial charge >= 0.3 is 0 Å². The van der Waals surface area contributed by atoms with E-state index in [2.05, 4.69) is 24.5 Å². The van der Waals surface area contributed by atoms with Crippen LogP contribution in [0.4, 0.5) is 0 Å². The van der Waals surface area contributed by atoms with E-state index in [0.29, 0.717) is 12.5 Å². The third-order valence-electron chi connectivity index (χ3n) is 2.80. The fourth-order valence-corrected chi connectivity index (χ4v) is 1.66. The van der Waals surface area contributed by atoms with Crippen molar-refractivity contribution in [2.45, 2.75) is 46.1 Å². The van der Waals surface area contributed by atoms with E-state index in [0.717, 1.165) is 25.8 Å². The van der Waals surface area contributed by atoms with Crippen LogP contribution in [0.1, 0.15) is 40.0 Å². The highest BCUT2D eigenvalue weighted by Crippen LogP contribution is 2.11. The Balaban J connectivity index is 3.60. The van der Waals surface area contributed by atoms with Crippen molar-refractivity contribution in [1.29, 1.82) is 0 Å². The van der Waals surface area contributed by atoms with Gasteiger partial charge in [-0.15, -0.1) is 0 Å². The number of hydrogen-bond donors (Lipinski definition) is 3. The lowest BCUT2D eigenvalue weighted by atomic mass is 9.97. The maximum Gasteiger partial charge on any atom is 0.233 e. The lowest BCUT2D eigenvalue weighted by molar-refractivity contribution is -0.120. The van der Waals surface area contributed by atoms with Gasteiger partial charge in [0, 0.05) is 13.1 Å². The highest BCUT2D eigenvalue weighted by molar-refractivity contribution is 5.77. The number of carbonyl (C=O) groups excluding carboxylic acids is 1. The summed E-state index contributed by atoms with van der Waals surface area (Å²) in [6.45, 7) is 7.67. The van der Waals surface area contributed by atoms with Crippen LogP contribution in [0.3, 0.4) is 0 Å². The predicted molar refractivity (Wildman–Crippen MR) is 66.2 cm³/mol. The first-order chi connectivity index (χ1) is 7.65. The zero-order chi connectivity index (χ0) is 12.4. The van der Waals surface area contributed by atoms with E-state index >= 15 is 0 Å². The SMILES string of the molecule is CCCNC(=O)CNCC(O)C(CC)CC. The summed E-state index contributed by atoms with van der Waals surface area (Å²) in [7, 11) is 0. The molecule has 0 aromatic heterocycles. The molecular formula is C12H26N2O2. The maximum atomic E-state index is 11.2. The Kier molecular flexibility index (Phi) is 9.24. The van der Waals surface area contributed by atoms with E-state index in [1.54, 1.807) is 0 Å². The van der Waals surface area contributed by atoms with Gasteiger partial charge in [-0.1, -0.05) is 33.6 Å². The van der Waals surface area contributed by atoms with Gasteiger partial charge in [0.25, 0.3) is 0 Å². The lowest BCUT2D eigenvalue weighted by Crippen LogP contribution is -2.39. The zero-order valence-electron chi connectivity index (χ0n) is 10.8. The molecule has 0 aliphatic heterocycles. The molecule has 4 nitrogen and oxygen atoms in total. The Bertz CT molecular complexity index is 182. The van der Waals surface area contributed by atoms with Crippen LogP contribution in [0, 0.1) is 5.92 Å². The Labute approximate surface area is 98.8 Å². The van der Waals surface area contributed by atoms with Crippen LogP contribution < -0.4 is 10.6 Å². The minimum atomic E-state index is -0.353. The molecule has 0 aliphatic rings. The predicted octanol–water partition coefficient (Wildman–Crippen LogP) is 0.899. The molecule has 0 rings (SSSR count). The molecule has 0 spiro atoms. The fraction of sp³-hybridized carbons (Fsp3) is 0.917. The minimum Gasteiger partial charge on any atom is -0.392 e. The summed E-state index contributed by atoms with van der Waals surface area (Å²) in [4.78, 5) is 11.2. The summed E-state index contributed by atoms with van der Waals surface area (Å²) in [5.74, 6) is 0.324. The van der Waals surface area contributed by atoms with E-state index in [4.69, 9.17) is 0 Å². The average molecular weight is 230 g/mol. The van der Waals surface area contributed by atoms with Gasteiger partial charge in [0.05, 0.1) is 12.6 Å². The molecule has 1 unspecified atom stereocenters. The van der Waals surface area contributed by atoms with E-state index in [1.165, 1.54) is 0 Å². The van der Waals surface area contributed by atoms with Crippen LogP contribution in [0.15, 0.2) is 0 Å². The molecule has 0 saturated heterocycles. The van der Waals surface area contributed by atoms with Crippen LogP contribution in [-0.2, 0) is 4.79 Å². The van der Waals surface area contributed by atoms with Crippen molar-refractivity contribution in [1.82, 2.24) is 10.6 Å². The number of amides is 1. The van der Waals surface area contributed by atoms with Gasteiger partial charge in [-0.3, -0.25) is 4.79 Å². The Hall–Kier alpha value is -0.610. The van der Waals surface area contributed by atoms with Crippen molar-refractivity contribution in [3.05, 3.63) is 0 Å². The molecule has 1 atom stereocenters. The van der Waals surface area contributed by atoms with Gasteiger partial charge in [0.1, 0.15) is 0 Å². The standard InChI is InChI=1S/C12H26N2O2/c1-4-7-14-12(16)9-13-8-11(15)10(5-2)6-3/h10-11,13,15H,4-9H2,1-3H3,(H,14,16). The fourth-order valence-electron chi connectivity index (χ4n) is 1.66. The van der Waals surface area contributed by atoms with E-state index < -0.39 is 0 Å². The Morgan fingerprint density at radius 1 is 1.25 bits per heavy atom. The van der Waals surface area contributed by atoms with Gasteiger partial charge in [-0.25, -0.2) is 0 Å². The summed E-state index contributed by atoms with van der Waals surface area (Å²) < 4.78 is 0. The molecule has 0 fully saturated rings. The number of carbonyl (C=O) groups is 1. The molecule has 0 radical (unpaired) electrons. The second-order valence-electron chi connectivity index (χ2n) is 4.12. The highest BCUT2D eigenvalue weighted by atomic mass is 16.3. The van der Waals surface area contributed by atoms with Crippen LogP contribution in [0.5, 0.6) is 0 Å². The van der Waals surface area contributed by atoms with Gasteiger partial charge in [0.2, 0.25) is 5.91 Å². The molecule has 0 heterocycles. The average Bonchev–Trinajstić information content (AvgIpc) is 2.28. The largest absolute Gasteiger partial charge is 0.392 e. The monoisotopic (exact) mass is 230 g/mol. The van der Waals surface area contributed by atoms with Crippen molar-refractivity contribution in [3.63, 3.8) is 0 Å². The Morgan fingerprint density at radius 3 is 2.38 bits per heavy atom. The Morgan fingerprint density at radius 2 is 1.88 bits per heavy atom. The second-order valence-corrected chi connectivity index (χ2v) is 4.12. The molecule has 0 saturated carbocycles. The van der Waals surface area contributed by atoms with Crippen molar-refractivity contribution in [3.8, 4) is 0 Å². The number of rotatable bonds is 9. The smallest absolute Gasteiger partial charge is 0.233 e. The molecule has 4 heteroatoms. The normalized spacial score (nSPS) is 12.8. The van der Waals surface area contributed by atoms with Gasteiger partial charge in [-0.05, 0) is 12.3 Å². The van der Waals surface area contributed by atoms with Crippen LogP contribution in [0.25, 0.3) is 0 Å². The van der Waals surface area contributed by atoms with Crippen molar-refractivity contribution in [2.24, 2.45) is 5.92 Å². The molecule has 0 bridgehead atoms. The maximum absolute atomic E-state index is 11.2. The number of aliphatic hydroxyl groups is 1. The van der Waals surface area contributed by atoms with E-state index in [9.17, 15) is 9.90 Å². The van der Waals surface area contributed by atoms with E-state index in [1.807, 2.05) is 6.92 Å². The number of nitrogens with one attached hydrogen (secondary N) is 2. The summed E-state index contributed by atoms with van der Waals surface area (Å²) in [5, 5.41) is 15.6. The molecule has 0 aromatic rings. The first kappa shape index (κ1) is 15.4. The summed E-state index contributed by atoms with van der Waals surface area (Å²) in [6.07, 6.45) is 2.54. The quantitative estimate of drug-likeness (QED) is 0.551. The molecule has 3 N–H and O–H groups in total. The summed E-state index contributed by atoms with van der Waals surface area (Å²) in [5.41, 5.74) is 0. The minimum absolute atomic E-state index is 0.00130. The second kappa shape index (κ2) is 9.60. The molecule has 16 heavy (non-hydrogen) atoms. The lowest BCUT2D eigenvalue weighted by Gasteiger charge is -2.20. The third-order valence-corrected chi connectivity index (χ3v) is 2.80. The van der Waals surface area contributed by atoms with Crippen LogP contribution in [0.2, 0.25) is 0 Å². The number of hydrogen-bond acceptors (Lipinski definition) is 3. The zero-order valence-corrected chi connectivity index (χ0v) is 10.8. The first-order valence-electron chi connectivity index (χ1n) is 6.31. The molecule has 96 valence electrons. The topological polar surface area (TPSA) is 61.4 Å². The first-order valence-corrected chi connectivity index (χ1v) is 6.31. The summed E-state index contributed by atoms with van der Waals surface area (Å²) >= 11 is 0. The number of aliphatic hydroxyl groups excluding tert-OH is 1. The molecule has 0 aromatic carbocycles. The van der Waals surface area contributed by atoms with Crippen molar-refractivity contribution < 1.29 is 9.90 Å². The van der Waals surface area contributed by atoms with Crippen molar-refractivity contribution >= 4 is 5.91 Å². The van der Waals surface area contributed by atoms with Gasteiger partial charge in [-0.2, -0.15) is 0 Å². The van der Waals surface area contributed by atoms with Gasteiger partial charge in [0.15, 0.2) is 0 Å². The highest BCUT2D eigenvalue weighted by Gasteiger charge is 2.14. The molecule has 1 amide bonds. The molecule has 0 aliphatic carbocycles. The van der Waals surface area contributed by atoms with E-state index in [-0.39, 0.29) is 18.6 Å². The van der Waals surface area contributed by atoms with Crippen LogP contribution in [-0.4, -0.2) is 36.8 Å². The van der Waals surface area contributed by atoms with Gasteiger partial charge < -0.3 is 15.7 Å². The van der Waals surface area contributed by atoms with Crippen LogP contribution >= 0.6 is 0 Å². The summed E-state index contributed by atoms with van der Waals surface area (Å²) in [6, 6.07) is 0. The third kappa shape index (κ3) is 6.80.